The number of hydrogen-bond acceptors (Lipinski definition) is 3. The highest BCUT2D eigenvalue weighted by atomic mass is 17.2. The summed E-state index contributed by atoms with van der Waals surface area (Å²) >= 11 is 0. The van der Waals surface area contributed by atoms with E-state index in [0.29, 0.717) is 19.3 Å². The second-order valence-electron chi connectivity index (χ2n) is 5.73. The molecule has 2 heterocycles. The molecule has 0 aliphatic carbocycles. The van der Waals surface area contributed by atoms with Crippen molar-refractivity contribution in [2.75, 3.05) is 20.3 Å². The molecule has 120 valence electrons. The molecule has 0 N–H and O–H groups in total. The highest BCUT2D eigenvalue weighted by Crippen LogP contribution is 2.40. The highest BCUT2D eigenvalue weighted by Gasteiger charge is 2.27. The molecule has 0 amide bonds. The number of aryl methyl sites for hydroxylation is 1. The Labute approximate surface area is 131 Å². The predicted molar refractivity (Wildman–Crippen MR) is 87.4 cm³/mol. The lowest BCUT2D eigenvalue weighted by atomic mass is 10.00. The topological polar surface area (TPSA) is 32.6 Å². The van der Waals surface area contributed by atoms with E-state index in [1.807, 2.05) is 6.92 Å². The first-order valence-electron chi connectivity index (χ1n) is 8.24. The highest BCUT2D eigenvalue weighted by molar-refractivity contribution is 5.91. The van der Waals surface area contributed by atoms with Gasteiger partial charge in [0.15, 0.2) is 0 Å². The minimum Gasteiger partial charge on any atom is -0.492 e. The molecule has 3 rings (SSSR count). The summed E-state index contributed by atoms with van der Waals surface area (Å²) in [5.74, 6) is 0.977. The van der Waals surface area contributed by atoms with Crippen molar-refractivity contribution in [1.29, 1.82) is 0 Å². The van der Waals surface area contributed by atoms with E-state index >= 15 is 0 Å². The van der Waals surface area contributed by atoms with Crippen molar-refractivity contribution in [3.05, 3.63) is 29.5 Å². The average molecular weight is 303 g/mol. The number of ether oxygens (including phenoxy) is 1. The van der Waals surface area contributed by atoms with Crippen molar-refractivity contribution in [2.45, 2.75) is 45.6 Å². The molecule has 2 aromatic rings. The van der Waals surface area contributed by atoms with E-state index in [2.05, 4.69) is 29.7 Å². The minimum atomic E-state index is 0.313. The molecule has 1 aliphatic heterocycles. The summed E-state index contributed by atoms with van der Waals surface area (Å²) in [6, 6.07) is 6.70. The van der Waals surface area contributed by atoms with Crippen LogP contribution in [0.5, 0.6) is 5.75 Å². The summed E-state index contributed by atoms with van der Waals surface area (Å²) in [5, 5.41) is 1.33. The van der Waals surface area contributed by atoms with Gasteiger partial charge in [-0.1, -0.05) is 19.1 Å². The van der Waals surface area contributed by atoms with Crippen LogP contribution >= 0.6 is 0 Å². The van der Waals surface area contributed by atoms with Crippen molar-refractivity contribution in [2.24, 2.45) is 0 Å². The molecule has 0 bridgehead atoms. The summed E-state index contributed by atoms with van der Waals surface area (Å²) in [7, 11) is 1.57. The minimum absolute atomic E-state index is 0.313. The molecule has 22 heavy (non-hydrogen) atoms. The van der Waals surface area contributed by atoms with Gasteiger partial charge in [-0.15, -0.1) is 0 Å². The zero-order valence-electron chi connectivity index (χ0n) is 13.7. The molecule has 1 aliphatic rings. The van der Waals surface area contributed by atoms with E-state index in [0.717, 1.165) is 25.0 Å². The van der Waals surface area contributed by atoms with Gasteiger partial charge in [0, 0.05) is 11.1 Å². The fourth-order valence-corrected chi connectivity index (χ4v) is 3.73. The van der Waals surface area contributed by atoms with Crippen LogP contribution in [0.1, 0.15) is 44.0 Å². The Morgan fingerprint density at radius 2 is 2.14 bits per heavy atom. The van der Waals surface area contributed by atoms with Crippen LogP contribution in [0.4, 0.5) is 0 Å². The summed E-state index contributed by atoms with van der Waals surface area (Å²) < 4.78 is 8.35. The number of rotatable bonds is 6. The maximum absolute atomic E-state index is 5.90. The second-order valence-corrected chi connectivity index (χ2v) is 5.73. The van der Waals surface area contributed by atoms with Gasteiger partial charge >= 0.3 is 0 Å². The van der Waals surface area contributed by atoms with Crippen LogP contribution in [0.15, 0.2) is 18.2 Å². The first-order valence-corrected chi connectivity index (χ1v) is 8.24. The molecule has 0 radical (unpaired) electrons. The number of hydrogen-bond donors (Lipinski definition) is 0. The van der Waals surface area contributed by atoms with Crippen LogP contribution < -0.4 is 4.74 Å². The molecule has 1 aromatic carbocycles. The van der Waals surface area contributed by atoms with E-state index in [-0.39, 0.29) is 0 Å². The first-order chi connectivity index (χ1) is 10.8. The monoisotopic (exact) mass is 303 g/mol. The summed E-state index contributed by atoms with van der Waals surface area (Å²) in [6.07, 6.45) is 4.49. The molecule has 0 fully saturated rings. The van der Waals surface area contributed by atoms with E-state index < -0.39 is 0 Å². The van der Waals surface area contributed by atoms with Crippen molar-refractivity contribution < 1.29 is 14.5 Å². The lowest BCUT2D eigenvalue weighted by Gasteiger charge is -2.27. The van der Waals surface area contributed by atoms with Gasteiger partial charge in [0.05, 0.1) is 25.3 Å². The molecule has 0 saturated heterocycles. The van der Waals surface area contributed by atoms with Crippen LogP contribution in [-0.2, 0) is 22.6 Å². The Kier molecular flexibility index (Phi) is 4.69. The van der Waals surface area contributed by atoms with Crippen molar-refractivity contribution in [3.63, 3.8) is 0 Å². The molecule has 1 atom stereocenters. The number of nitrogens with zero attached hydrogens (tertiary/aromatic N) is 1. The Morgan fingerprint density at radius 1 is 1.27 bits per heavy atom. The molecule has 1 aromatic heterocycles. The third kappa shape index (κ3) is 2.50. The maximum atomic E-state index is 5.90. The normalized spacial score (nSPS) is 17.7. The van der Waals surface area contributed by atoms with Gasteiger partial charge in [0.1, 0.15) is 12.4 Å². The molecule has 0 saturated carbocycles. The van der Waals surface area contributed by atoms with Crippen LogP contribution in [0.25, 0.3) is 10.9 Å². The van der Waals surface area contributed by atoms with Crippen LogP contribution in [0, 0.1) is 0 Å². The summed E-state index contributed by atoms with van der Waals surface area (Å²) in [4.78, 5) is 10.1. The number of benzene rings is 1. The van der Waals surface area contributed by atoms with Gasteiger partial charge in [-0.25, -0.2) is 9.78 Å². The predicted octanol–water partition coefficient (Wildman–Crippen LogP) is 4.06. The third-order valence-corrected chi connectivity index (χ3v) is 4.55. The third-order valence-electron chi connectivity index (χ3n) is 4.55. The quantitative estimate of drug-likeness (QED) is 0.596. The zero-order valence-corrected chi connectivity index (χ0v) is 13.7. The van der Waals surface area contributed by atoms with Crippen molar-refractivity contribution in [1.82, 2.24) is 4.57 Å². The average Bonchev–Trinajstić information content (AvgIpc) is 2.88. The number of fused-ring (bicyclic) bond motifs is 3. The van der Waals surface area contributed by atoms with Crippen LogP contribution in [0.2, 0.25) is 0 Å². The smallest absolute Gasteiger partial charge is 0.143 e. The van der Waals surface area contributed by atoms with E-state index in [1.54, 1.807) is 7.11 Å². The van der Waals surface area contributed by atoms with Crippen LogP contribution in [-0.4, -0.2) is 24.9 Å². The van der Waals surface area contributed by atoms with Gasteiger partial charge in [-0.2, -0.15) is 0 Å². The first kappa shape index (κ1) is 15.4. The molecule has 0 spiro atoms. The molecular weight excluding hydrogens is 278 g/mol. The van der Waals surface area contributed by atoms with Crippen molar-refractivity contribution >= 4 is 10.9 Å². The SMILES string of the molecule is CCOc1cccc2c(CC)c3n(c12)C(COOC)CCC3. The van der Waals surface area contributed by atoms with E-state index in [4.69, 9.17) is 14.5 Å². The lowest BCUT2D eigenvalue weighted by molar-refractivity contribution is -0.278. The summed E-state index contributed by atoms with van der Waals surface area (Å²) in [6.45, 7) is 5.53. The lowest BCUT2D eigenvalue weighted by Crippen LogP contribution is -2.22. The van der Waals surface area contributed by atoms with Gasteiger partial charge in [0.2, 0.25) is 0 Å². The molecule has 4 heteroatoms. The summed E-state index contributed by atoms with van der Waals surface area (Å²) in [5.41, 5.74) is 4.12. The fraction of sp³-hybridized carbons (Fsp3) is 0.556. The van der Waals surface area contributed by atoms with Crippen molar-refractivity contribution in [3.8, 4) is 5.75 Å². The van der Waals surface area contributed by atoms with Crippen LogP contribution in [0.3, 0.4) is 0 Å². The maximum Gasteiger partial charge on any atom is 0.143 e. The Hall–Kier alpha value is -1.52. The Bertz CT molecular complexity index is 647. The largest absolute Gasteiger partial charge is 0.492 e. The molecular formula is C18H25NO3. The number of para-hydroxylation sites is 1. The standard InChI is InChI=1S/C18H25NO3/c1-4-14-15-9-7-11-17(21-5-2)18(15)19-13(12-22-20-3)8-6-10-16(14)19/h7,9,11,13H,4-6,8,10,12H2,1-3H3. The number of aromatic nitrogens is 1. The van der Waals surface area contributed by atoms with E-state index in [1.165, 1.54) is 28.6 Å². The Balaban J connectivity index is 2.20. The molecule has 4 nitrogen and oxygen atoms in total. The second kappa shape index (κ2) is 6.71. The van der Waals surface area contributed by atoms with Gasteiger partial charge in [-0.3, -0.25) is 0 Å². The van der Waals surface area contributed by atoms with Gasteiger partial charge in [-0.05, 0) is 44.2 Å². The fourth-order valence-electron chi connectivity index (χ4n) is 3.73. The zero-order chi connectivity index (χ0) is 15.5. The van der Waals surface area contributed by atoms with Gasteiger partial charge in [0.25, 0.3) is 0 Å². The Morgan fingerprint density at radius 3 is 2.86 bits per heavy atom. The molecule has 1 unspecified atom stereocenters. The van der Waals surface area contributed by atoms with Gasteiger partial charge < -0.3 is 9.30 Å². The van der Waals surface area contributed by atoms with E-state index in [9.17, 15) is 0 Å².